The molecule has 1 aromatic carbocycles. The van der Waals surface area contributed by atoms with E-state index in [9.17, 15) is 14.7 Å². The van der Waals surface area contributed by atoms with Crippen LogP contribution in [0.25, 0.3) is 0 Å². The third kappa shape index (κ3) is 2.85. The van der Waals surface area contributed by atoms with E-state index in [-0.39, 0.29) is 0 Å². The van der Waals surface area contributed by atoms with Gasteiger partial charge in [0, 0.05) is 6.42 Å². The quantitative estimate of drug-likeness (QED) is 0.709. The van der Waals surface area contributed by atoms with Crippen LogP contribution in [0.1, 0.15) is 12.5 Å². The number of para-hydroxylation sites is 1. The van der Waals surface area contributed by atoms with Gasteiger partial charge in [0.15, 0.2) is 12.1 Å². The minimum Gasteiger partial charge on any atom is -0.480 e. The SMILES string of the molecule is C[C@@H](O)[C@H](NC(=O)C1Cc2ccccc2O1)C(=O)O. The first-order valence-electron chi connectivity index (χ1n) is 5.95. The Morgan fingerprint density at radius 1 is 1.42 bits per heavy atom. The summed E-state index contributed by atoms with van der Waals surface area (Å²) < 4.78 is 5.44. The predicted octanol–water partition coefficient (Wildman–Crippen LogP) is -0.0597. The number of carboxylic acid groups (broad SMARTS) is 1. The zero-order valence-electron chi connectivity index (χ0n) is 10.4. The second kappa shape index (κ2) is 5.27. The zero-order valence-corrected chi connectivity index (χ0v) is 10.4. The Morgan fingerprint density at radius 3 is 2.68 bits per heavy atom. The number of aliphatic hydroxyl groups excluding tert-OH is 1. The van der Waals surface area contributed by atoms with Gasteiger partial charge in [0.05, 0.1) is 6.10 Å². The fraction of sp³-hybridized carbons (Fsp3) is 0.385. The lowest BCUT2D eigenvalue weighted by Crippen LogP contribution is -2.51. The van der Waals surface area contributed by atoms with Crippen LogP contribution in [0.5, 0.6) is 5.75 Å². The molecule has 0 radical (unpaired) electrons. The second-order valence-electron chi connectivity index (χ2n) is 4.48. The molecule has 0 fully saturated rings. The molecule has 0 saturated heterocycles. The number of amides is 1. The molecule has 19 heavy (non-hydrogen) atoms. The van der Waals surface area contributed by atoms with Crippen molar-refractivity contribution in [3.05, 3.63) is 29.8 Å². The van der Waals surface area contributed by atoms with Crippen LogP contribution >= 0.6 is 0 Å². The van der Waals surface area contributed by atoms with Crippen LogP contribution in [0.3, 0.4) is 0 Å². The number of hydrogen-bond acceptors (Lipinski definition) is 4. The monoisotopic (exact) mass is 265 g/mol. The molecule has 6 nitrogen and oxygen atoms in total. The number of aliphatic carboxylic acids is 1. The third-order valence-corrected chi connectivity index (χ3v) is 2.99. The summed E-state index contributed by atoms with van der Waals surface area (Å²) in [6.45, 7) is 1.31. The van der Waals surface area contributed by atoms with E-state index in [4.69, 9.17) is 9.84 Å². The molecule has 0 aromatic heterocycles. The van der Waals surface area contributed by atoms with Crippen LogP contribution in [0, 0.1) is 0 Å². The van der Waals surface area contributed by atoms with Gasteiger partial charge in [-0.3, -0.25) is 4.79 Å². The van der Waals surface area contributed by atoms with Gasteiger partial charge in [-0.2, -0.15) is 0 Å². The summed E-state index contributed by atoms with van der Waals surface area (Å²) in [4.78, 5) is 22.8. The fourth-order valence-electron chi connectivity index (χ4n) is 1.96. The lowest BCUT2D eigenvalue weighted by Gasteiger charge is -2.19. The zero-order chi connectivity index (χ0) is 14.0. The molecule has 2 rings (SSSR count). The Kier molecular flexibility index (Phi) is 3.71. The van der Waals surface area contributed by atoms with Crippen molar-refractivity contribution in [2.24, 2.45) is 0 Å². The molecule has 0 saturated carbocycles. The van der Waals surface area contributed by atoms with Crippen molar-refractivity contribution >= 4 is 11.9 Å². The first kappa shape index (κ1) is 13.4. The number of fused-ring (bicyclic) bond motifs is 1. The Morgan fingerprint density at radius 2 is 2.11 bits per heavy atom. The number of rotatable bonds is 4. The number of carbonyl (C=O) groups excluding carboxylic acids is 1. The summed E-state index contributed by atoms with van der Waals surface area (Å²) in [5.41, 5.74) is 0.909. The number of carboxylic acids is 1. The predicted molar refractivity (Wildman–Crippen MR) is 65.8 cm³/mol. The summed E-state index contributed by atoms with van der Waals surface area (Å²) in [5.74, 6) is -1.19. The van der Waals surface area contributed by atoms with Crippen molar-refractivity contribution in [2.75, 3.05) is 0 Å². The molecule has 102 valence electrons. The molecule has 1 aliphatic heterocycles. The number of aliphatic hydroxyl groups is 1. The van der Waals surface area contributed by atoms with E-state index >= 15 is 0 Å². The fourth-order valence-corrected chi connectivity index (χ4v) is 1.96. The number of benzene rings is 1. The van der Waals surface area contributed by atoms with Crippen LogP contribution in [0.4, 0.5) is 0 Å². The van der Waals surface area contributed by atoms with Crippen LogP contribution in [0.2, 0.25) is 0 Å². The molecular formula is C13H15NO5. The Bertz CT molecular complexity index is 475. The highest BCUT2D eigenvalue weighted by Crippen LogP contribution is 2.28. The molecule has 0 aliphatic carbocycles. The van der Waals surface area contributed by atoms with Crippen molar-refractivity contribution in [1.82, 2.24) is 5.32 Å². The lowest BCUT2D eigenvalue weighted by atomic mass is 10.1. The number of hydrogen-bond donors (Lipinski definition) is 3. The van der Waals surface area contributed by atoms with Gasteiger partial charge in [0.25, 0.3) is 5.91 Å². The number of carbonyl (C=O) groups is 2. The van der Waals surface area contributed by atoms with E-state index in [1.807, 2.05) is 12.1 Å². The maximum atomic E-state index is 11.9. The standard InChI is InChI=1S/C13H15NO5/c1-7(15)11(13(17)18)14-12(16)10-6-8-4-2-3-5-9(8)19-10/h2-5,7,10-11,15H,6H2,1H3,(H,14,16)(H,17,18)/t7-,10?,11+/m1/s1. The number of nitrogens with one attached hydrogen (secondary N) is 1. The Balaban J connectivity index is 2.01. The molecule has 1 heterocycles. The van der Waals surface area contributed by atoms with Gasteiger partial charge in [0.2, 0.25) is 0 Å². The molecule has 1 aliphatic rings. The van der Waals surface area contributed by atoms with Gasteiger partial charge in [-0.15, -0.1) is 0 Å². The molecule has 3 atom stereocenters. The largest absolute Gasteiger partial charge is 0.480 e. The van der Waals surface area contributed by atoms with E-state index in [0.29, 0.717) is 12.2 Å². The van der Waals surface area contributed by atoms with E-state index in [0.717, 1.165) is 5.56 Å². The molecule has 0 spiro atoms. The summed E-state index contributed by atoms with van der Waals surface area (Å²) in [6, 6.07) is 5.92. The molecule has 1 unspecified atom stereocenters. The summed E-state index contributed by atoms with van der Waals surface area (Å²) in [5, 5.41) is 20.5. The first-order chi connectivity index (χ1) is 8.99. The second-order valence-corrected chi connectivity index (χ2v) is 4.48. The molecule has 3 N–H and O–H groups in total. The van der Waals surface area contributed by atoms with E-state index in [2.05, 4.69) is 5.32 Å². The highest BCUT2D eigenvalue weighted by atomic mass is 16.5. The molecule has 1 amide bonds. The van der Waals surface area contributed by atoms with Gasteiger partial charge in [-0.25, -0.2) is 4.79 Å². The molecule has 0 bridgehead atoms. The van der Waals surface area contributed by atoms with Crippen molar-refractivity contribution in [1.29, 1.82) is 0 Å². The van der Waals surface area contributed by atoms with Gasteiger partial charge >= 0.3 is 5.97 Å². The van der Waals surface area contributed by atoms with Gasteiger partial charge in [0.1, 0.15) is 5.75 Å². The van der Waals surface area contributed by atoms with Crippen LogP contribution in [0.15, 0.2) is 24.3 Å². The highest BCUT2D eigenvalue weighted by molar-refractivity contribution is 5.87. The van der Waals surface area contributed by atoms with Crippen LogP contribution in [-0.2, 0) is 16.0 Å². The summed E-state index contributed by atoms with van der Waals surface area (Å²) in [7, 11) is 0. The van der Waals surface area contributed by atoms with E-state index < -0.39 is 30.1 Å². The minimum atomic E-state index is -1.33. The lowest BCUT2D eigenvalue weighted by molar-refractivity contribution is -0.145. The van der Waals surface area contributed by atoms with Crippen molar-refractivity contribution < 1.29 is 24.5 Å². The van der Waals surface area contributed by atoms with Crippen molar-refractivity contribution in [3.63, 3.8) is 0 Å². The molecular weight excluding hydrogens is 250 g/mol. The summed E-state index contributed by atoms with van der Waals surface area (Å²) in [6.07, 6.45) is -1.53. The normalized spacial score (nSPS) is 20.0. The minimum absolute atomic E-state index is 0.397. The third-order valence-electron chi connectivity index (χ3n) is 2.99. The van der Waals surface area contributed by atoms with Gasteiger partial charge in [-0.05, 0) is 18.6 Å². The Hall–Kier alpha value is -2.08. The maximum Gasteiger partial charge on any atom is 0.328 e. The smallest absolute Gasteiger partial charge is 0.328 e. The van der Waals surface area contributed by atoms with Gasteiger partial charge in [-0.1, -0.05) is 18.2 Å². The van der Waals surface area contributed by atoms with E-state index in [1.165, 1.54) is 6.92 Å². The first-order valence-corrected chi connectivity index (χ1v) is 5.95. The molecule has 6 heteroatoms. The van der Waals surface area contributed by atoms with Crippen LogP contribution < -0.4 is 10.1 Å². The highest BCUT2D eigenvalue weighted by Gasteiger charge is 2.33. The van der Waals surface area contributed by atoms with Crippen molar-refractivity contribution in [2.45, 2.75) is 31.6 Å². The van der Waals surface area contributed by atoms with Crippen molar-refractivity contribution in [3.8, 4) is 5.75 Å². The maximum absolute atomic E-state index is 11.9. The average Bonchev–Trinajstić information content (AvgIpc) is 2.78. The van der Waals surface area contributed by atoms with E-state index in [1.54, 1.807) is 12.1 Å². The topological polar surface area (TPSA) is 95.9 Å². The van der Waals surface area contributed by atoms with Crippen LogP contribution in [-0.4, -0.2) is 40.3 Å². The average molecular weight is 265 g/mol. The molecule has 1 aromatic rings. The number of ether oxygens (including phenoxy) is 1. The summed E-state index contributed by atoms with van der Waals surface area (Å²) >= 11 is 0. The van der Waals surface area contributed by atoms with Gasteiger partial charge < -0.3 is 20.3 Å². The Labute approximate surface area is 110 Å².